The molecule has 0 saturated carbocycles. The van der Waals surface area contributed by atoms with Gasteiger partial charge in [-0.2, -0.15) is 0 Å². The van der Waals surface area contributed by atoms with Crippen molar-refractivity contribution in [3.8, 4) is 0 Å². The second-order valence-corrected chi connectivity index (χ2v) is 3.96. The Labute approximate surface area is 94.7 Å². The van der Waals surface area contributed by atoms with Crippen molar-refractivity contribution in [3.05, 3.63) is 35.9 Å². The van der Waals surface area contributed by atoms with Gasteiger partial charge in [-0.05, 0) is 18.9 Å². The number of carboxylic acid groups (broad SMARTS) is 1. The first-order valence-electron chi connectivity index (χ1n) is 5.22. The van der Waals surface area contributed by atoms with Gasteiger partial charge in [0.05, 0.1) is 6.10 Å². The van der Waals surface area contributed by atoms with Crippen molar-refractivity contribution in [1.29, 1.82) is 0 Å². The van der Waals surface area contributed by atoms with E-state index < -0.39 is 24.0 Å². The van der Waals surface area contributed by atoms with Crippen molar-refractivity contribution in [2.75, 3.05) is 0 Å². The molecule has 0 spiro atoms. The summed E-state index contributed by atoms with van der Waals surface area (Å²) in [7, 11) is 0. The summed E-state index contributed by atoms with van der Waals surface area (Å²) in [6.07, 6.45) is -0.280. The minimum atomic E-state index is -1.08. The van der Waals surface area contributed by atoms with E-state index in [4.69, 9.17) is 10.8 Å². The molecule has 0 aliphatic carbocycles. The molecule has 0 fully saturated rings. The largest absolute Gasteiger partial charge is 0.480 e. The summed E-state index contributed by atoms with van der Waals surface area (Å²) in [6.45, 7) is 1.57. The van der Waals surface area contributed by atoms with Crippen molar-refractivity contribution in [2.45, 2.75) is 25.5 Å². The number of aliphatic carboxylic acids is 1. The van der Waals surface area contributed by atoms with Gasteiger partial charge in [0.25, 0.3) is 0 Å². The van der Waals surface area contributed by atoms with Crippen LogP contribution in [-0.2, 0) is 11.2 Å². The molecule has 1 unspecified atom stereocenters. The van der Waals surface area contributed by atoms with Crippen LogP contribution in [0.4, 0.5) is 0 Å². The van der Waals surface area contributed by atoms with Crippen LogP contribution in [0.15, 0.2) is 30.3 Å². The van der Waals surface area contributed by atoms with Crippen LogP contribution >= 0.6 is 0 Å². The minimum Gasteiger partial charge on any atom is -0.480 e. The third-order valence-corrected chi connectivity index (χ3v) is 2.68. The summed E-state index contributed by atoms with van der Waals surface area (Å²) >= 11 is 0. The molecule has 1 rings (SSSR count). The number of aliphatic hydroxyl groups is 1. The van der Waals surface area contributed by atoms with Crippen molar-refractivity contribution in [2.24, 2.45) is 11.7 Å². The van der Waals surface area contributed by atoms with Crippen LogP contribution < -0.4 is 5.73 Å². The van der Waals surface area contributed by atoms with Gasteiger partial charge in [-0.25, -0.2) is 0 Å². The second kappa shape index (κ2) is 5.63. The van der Waals surface area contributed by atoms with Crippen LogP contribution in [-0.4, -0.2) is 28.3 Å². The lowest BCUT2D eigenvalue weighted by Gasteiger charge is -2.23. The molecular formula is C12H17NO3. The topological polar surface area (TPSA) is 83.5 Å². The van der Waals surface area contributed by atoms with E-state index in [9.17, 15) is 9.90 Å². The Morgan fingerprint density at radius 2 is 1.94 bits per heavy atom. The maximum Gasteiger partial charge on any atom is 0.320 e. The number of benzene rings is 1. The Morgan fingerprint density at radius 3 is 2.38 bits per heavy atom. The normalized spacial score (nSPS) is 16.4. The molecule has 16 heavy (non-hydrogen) atoms. The molecule has 4 heteroatoms. The molecule has 1 aromatic rings. The summed E-state index contributed by atoms with van der Waals surface area (Å²) in [5.74, 6) is -1.55. The van der Waals surface area contributed by atoms with E-state index in [1.807, 2.05) is 30.3 Å². The standard InChI is InChI=1S/C12H17NO3/c1-8(14)10(11(13)12(15)16)7-9-5-3-2-4-6-9/h2-6,8,10-11,14H,7,13H2,1H3,(H,15,16)/t8?,10-,11-/m1/s1. The molecule has 0 amide bonds. The van der Waals surface area contributed by atoms with Crippen molar-refractivity contribution < 1.29 is 15.0 Å². The highest BCUT2D eigenvalue weighted by molar-refractivity contribution is 5.73. The second-order valence-electron chi connectivity index (χ2n) is 3.96. The number of rotatable bonds is 5. The highest BCUT2D eigenvalue weighted by Gasteiger charge is 2.28. The highest BCUT2D eigenvalue weighted by atomic mass is 16.4. The smallest absolute Gasteiger partial charge is 0.320 e. The molecule has 0 bridgehead atoms. The first-order chi connectivity index (χ1) is 7.52. The van der Waals surface area contributed by atoms with Crippen LogP contribution in [0.25, 0.3) is 0 Å². The van der Waals surface area contributed by atoms with E-state index in [0.717, 1.165) is 5.56 Å². The Balaban J connectivity index is 2.77. The van der Waals surface area contributed by atoms with E-state index >= 15 is 0 Å². The Morgan fingerprint density at radius 1 is 1.38 bits per heavy atom. The predicted molar refractivity (Wildman–Crippen MR) is 60.9 cm³/mol. The van der Waals surface area contributed by atoms with E-state index in [1.54, 1.807) is 6.92 Å². The van der Waals surface area contributed by atoms with Gasteiger partial charge in [-0.3, -0.25) is 4.79 Å². The lowest BCUT2D eigenvalue weighted by atomic mass is 9.88. The van der Waals surface area contributed by atoms with E-state index in [1.165, 1.54) is 0 Å². The fourth-order valence-corrected chi connectivity index (χ4v) is 1.67. The van der Waals surface area contributed by atoms with E-state index in [0.29, 0.717) is 6.42 Å². The van der Waals surface area contributed by atoms with E-state index in [2.05, 4.69) is 0 Å². The first kappa shape index (κ1) is 12.7. The van der Waals surface area contributed by atoms with Crippen molar-refractivity contribution in [1.82, 2.24) is 0 Å². The molecule has 0 aliphatic heterocycles. The Hall–Kier alpha value is -1.39. The minimum absolute atomic E-state index is 0.464. The van der Waals surface area contributed by atoms with Crippen LogP contribution in [0.3, 0.4) is 0 Å². The summed E-state index contributed by atoms with van der Waals surface area (Å²) in [5.41, 5.74) is 6.53. The lowest BCUT2D eigenvalue weighted by Crippen LogP contribution is -2.44. The number of carboxylic acids is 1. The van der Waals surface area contributed by atoms with Crippen molar-refractivity contribution >= 4 is 5.97 Å². The van der Waals surface area contributed by atoms with Gasteiger partial charge < -0.3 is 15.9 Å². The Kier molecular flexibility index (Phi) is 4.46. The first-order valence-corrected chi connectivity index (χ1v) is 5.22. The number of hydrogen-bond acceptors (Lipinski definition) is 3. The highest BCUT2D eigenvalue weighted by Crippen LogP contribution is 2.15. The van der Waals surface area contributed by atoms with Gasteiger partial charge in [0.15, 0.2) is 0 Å². The number of carbonyl (C=O) groups is 1. The summed E-state index contributed by atoms with van der Waals surface area (Å²) in [6, 6.07) is 8.38. The summed E-state index contributed by atoms with van der Waals surface area (Å²) in [4.78, 5) is 10.8. The molecule has 88 valence electrons. The average Bonchev–Trinajstić information content (AvgIpc) is 2.26. The van der Waals surface area contributed by atoms with E-state index in [-0.39, 0.29) is 0 Å². The van der Waals surface area contributed by atoms with Crippen LogP contribution in [0.5, 0.6) is 0 Å². The SMILES string of the molecule is CC(O)[C@@H](Cc1ccccc1)[C@@H](N)C(=O)O. The zero-order valence-corrected chi connectivity index (χ0v) is 9.21. The van der Waals surface area contributed by atoms with Crippen LogP contribution in [0, 0.1) is 5.92 Å². The molecule has 0 radical (unpaired) electrons. The van der Waals surface area contributed by atoms with Crippen LogP contribution in [0.1, 0.15) is 12.5 Å². The molecule has 4 N–H and O–H groups in total. The van der Waals surface area contributed by atoms with Crippen LogP contribution in [0.2, 0.25) is 0 Å². The number of nitrogens with two attached hydrogens (primary N) is 1. The summed E-state index contributed by atoms with van der Waals surface area (Å²) in [5, 5.41) is 18.4. The van der Waals surface area contributed by atoms with Crippen molar-refractivity contribution in [3.63, 3.8) is 0 Å². The number of hydrogen-bond donors (Lipinski definition) is 3. The molecule has 0 aliphatic rings. The summed E-state index contributed by atoms with van der Waals surface area (Å²) < 4.78 is 0. The lowest BCUT2D eigenvalue weighted by molar-refractivity contribution is -0.141. The quantitative estimate of drug-likeness (QED) is 0.684. The van der Waals surface area contributed by atoms with Gasteiger partial charge in [-0.1, -0.05) is 30.3 Å². The van der Waals surface area contributed by atoms with Gasteiger partial charge in [0, 0.05) is 5.92 Å². The monoisotopic (exact) mass is 223 g/mol. The maximum atomic E-state index is 10.8. The zero-order valence-electron chi connectivity index (χ0n) is 9.21. The molecule has 4 nitrogen and oxygen atoms in total. The maximum absolute atomic E-state index is 10.8. The fourth-order valence-electron chi connectivity index (χ4n) is 1.67. The molecule has 0 saturated heterocycles. The van der Waals surface area contributed by atoms with Gasteiger partial charge >= 0.3 is 5.97 Å². The third-order valence-electron chi connectivity index (χ3n) is 2.68. The average molecular weight is 223 g/mol. The third kappa shape index (κ3) is 3.32. The zero-order chi connectivity index (χ0) is 12.1. The predicted octanol–water partition coefficient (Wildman–Crippen LogP) is 0.638. The molecule has 1 aromatic carbocycles. The molecule has 0 heterocycles. The fraction of sp³-hybridized carbons (Fsp3) is 0.417. The molecular weight excluding hydrogens is 206 g/mol. The van der Waals surface area contributed by atoms with Gasteiger partial charge in [-0.15, -0.1) is 0 Å². The molecule has 3 atom stereocenters. The number of aliphatic hydroxyl groups excluding tert-OH is 1. The van der Waals surface area contributed by atoms with Gasteiger partial charge in [0.1, 0.15) is 6.04 Å². The Bertz CT molecular complexity index is 337. The molecule has 0 aromatic heterocycles. The van der Waals surface area contributed by atoms with Gasteiger partial charge in [0.2, 0.25) is 0 Å².